The van der Waals surface area contributed by atoms with Crippen LogP contribution < -0.4 is 0 Å². The van der Waals surface area contributed by atoms with E-state index in [-0.39, 0.29) is 0 Å². The SMILES string of the molecule is c1ccc(-n2c3ccccc3c3cc(-n4c5ccccc5c5c(-n6c7ccccc7c7ccccc76)c(-c6ccc7c(c6-n6c8ccccc8c8ccccc86)c6ccccc6n7-c6ccc7c(c6)c6ccccc6n7-c6ccccc6)ccc54)ccc32)cc1. The first kappa shape index (κ1) is 49.0. The van der Waals surface area contributed by atoms with Crippen LogP contribution >= 0.6 is 0 Å². The normalized spacial score (nSPS) is 12.2. The molecule has 0 unspecified atom stereocenters. The van der Waals surface area contributed by atoms with Crippen LogP contribution in [0, 0.1) is 0 Å². The molecule has 418 valence electrons. The van der Waals surface area contributed by atoms with Crippen molar-refractivity contribution >= 4 is 131 Å². The highest BCUT2D eigenvalue weighted by molar-refractivity contribution is 6.23. The van der Waals surface area contributed by atoms with Crippen molar-refractivity contribution in [1.29, 1.82) is 0 Å². The number of para-hydroxylation sites is 10. The van der Waals surface area contributed by atoms with Gasteiger partial charge in [0.15, 0.2) is 0 Å². The van der Waals surface area contributed by atoms with Gasteiger partial charge in [-0.1, -0.05) is 194 Å². The number of nitrogens with zero attached hydrogens (tertiary/aromatic N) is 6. The first-order valence-corrected chi connectivity index (χ1v) is 31.0. The van der Waals surface area contributed by atoms with Gasteiger partial charge in [0, 0.05) is 98.5 Å². The van der Waals surface area contributed by atoms with Gasteiger partial charge in [-0.25, -0.2) is 0 Å². The van der Waals surface area contributed by atoms with Gasteiger partial charge in [0.2, 0.25) is 0 Å². The lowest BCUT2D eigenvalue weighted by molar-refractivity contribution is 1.16. The third-order valence-corrected chi connectivity index (χ3v) is 19.4. The van der Waals surface area contributed by atoms with Crippen molar-refractivity contribution in [2.75, 3.05) is 0 Å². The third kappa shape index (κ3) is 6.71. The predicted molar refractivity (Wildman–Crippen MR) is 378 cm³/mol. The minimum atomic E-state index is 1.11. The summed E-state index contributed by atoms with van der Waals surface area (Å²) in [5.74, 6) is 0. The lowest BCUT2D eigenvalue weighted by Crippen LogP contribution is -2.04. The molecular weight excluding hydrogens is 1090 g/mol. The molecule has 14 aromatic carbocycles. The Morgan fingerprint density at radius 2 is 0.378 bits per heavy atom. The van der Waals surface area contributed by atoms with E-state index in [1.165, 1.54) is 86.7 Å². The van der Waals surface area contributed by atoms with Crippen LogP contribution in [0.4, 0.5) is 0 Å². The number of fused-ring (bicyclic) bond motifs is 18. The van der Waals surface area contributed by atoms with Crippen LogP contribution in [0.15, 0.2) is 315 Å². The summed E-state index contributed by atoms with van der Waals surface area (Å²) in [7, 11) is 0. The summed E-state index contributed by atoms with van der Waals surface area (Å²) in [5, 5.41) is 14.4. The lowest BCUT2D eigenvalue weighted by atomic mass is 9.95. The minimum absolute atomic E-state index is 1.11. The summed E-state index contributed by atoms with van der Waals surface area (Å²) in [6, 6.07) is 117. The highest BCUT2D eigenvalue weighted by atomic mass is 15.1. The van der Waals surface area contributed by atoms with Crippen LogP contribution in [0.3, 0.4) is 0 Å². The largest absolute Gasteiger partial charge is 0.309 e. The summed E-state index contributed by atoms with van der Waals surface area (Å²) in [5.41, 5.74) is 22.9. The third-order valence-electron chi connectivity index (χ3n) is 19.4. The Kier molecular flexibility index (Phi) is 10.2. The maximum absolute atomic E-state index is 2.58. The number of hydrogen-bond acceptors (Lipinski definition) is 0. The second-order valence-corrected chi connectivity index (χ2v) is 23.9. The summed E-state index contributed by atoms with van der Waals surface area (Å²) >= 11 is 0. The number of hydrogen-bond donors (Lipinski definition) is 0. The summed E-state index contributed by atoms with van der Waals surface area (Å²) < 4.78 is 15.0. The van der Waals surface area contributed by atoms with Crippen LogP contribution in [0.1, 0.15) is 0 Å². The van der Waals surface area contributed by atoms with Crippen molar-refractivity contribution in [1.82, 2.24) is 27.4 Å². The molecule has 0 fully saturated rings. The molecule has 0 spiro atoms. The van der Waals surface area contributed by atoms with Crippen molar-refractivity contribution in [2.45, 2.75) is 0 Å². The lowest BCUT2D eigenvalue weighted by Gasteiger charge is -2.21. The van der Waals surface area contributed by atoms with Crippen LogP contribution in [-0.4, -0.2) is 27.4 Å². The minimum Gasteiger partial charge on any atom is -0.309 e. The van der Waals surface area contributed by atoms with Crippen LogP contribution in [0.5, 0.6) is 0 Å². The molecule has 0 aliphatic carbocycles. The van der Waals surface area contributed by atoms with Gasteiger partial charge in [-0.2, -0.15) is 0 Å². The Labute approximate surface area is 516 Å². The Morgan fingerprint density at radius 1 is 0.144 bits per heavy atom. The van der Waals surface area contributed by atoms with E-state index in [9.17, 15) is 0 Å². The number of rotatable bonds is 7. The van der Waals surface area contributed by atoms with E-state index in [0.717, 1.165) is 89.4 Å². The van der Waals surface area contributed by atoms with Gasteiger partial charge in [0.1, 0.15) is 0 Å². The molecule has 6 heterocycles. The van der Waals surface area contributed by atoms with Crippen LogP contribution in [0.25, 0.3) is 176 Å². The summed E-state index contributed by atoms with van der Waals surface area (Å²) in [6.07, 6.45) is 0. The van der Waals surface area contributed by atoms with Crippen molar-refractivity contribution in [3.63, 3.8) is 0 Å². The van der Waals surface area contributed by atoms with Gasteiger partial charge in [-0.3, -0.25) is 0 Å². The average molecular weight is 1150 g/mol. The molecule has 0 saturated carbocycles. The van der Waals surface area contributed by atoms with Crippen molar-refractivity contribution in [3.8, 4) is 45.3 Å². The molecular formula is C84H52N6. The summed E-state index contributed by atoms with van der Waals surface area (Å²) in [4.78, 5) is 0. The van der Waals surface area contributed by atoms with Crippen molar-refractivity contribution < 1.29 is 0 Å². The second kappa shape index (κ2) is 18.7. The monoisotopic (exact) mass is 1140 g/mol. The van der Waals surface area contributed by atoms with E-state index in [2.05, 4.69) is 343 Å². The molecule has 6 nitrogen and oxygen atoms in total. The molecule has 0 N–H and O–H groups in total. The van der Waals surface area contributed by atoms with Gasteiger partial charge in [0.25, 0.3) is 0 Å². The smallest absolute Gasteiger partial charge is 0.0641 e. The molecule has 0 atom stereocenters. The second-order valence-electron chi connectivity index (χ2n) is 23.9. The zero-order valence-corrected chi connectivity index (χ0v) is 48.7. The van der Waals surface area contributed by atoms with Gasteiger partial charge >= 0.3 is 0 Å². The molecule has 0 saturated heterocycles. The molecule has 0 aliphatic heterocycles. The van der Waals surface area contributed by atoms with Crippen LogP contribution in [0.2, 0.25) is 0 Å². The van der Waals surface area contributed by atoms with Crippen LogP contribution in [-0.2, 0) is 0 Å². The maximum atomic E-state index is 2.58. The Balaban J connectivity index is 0.931. The first-order valence-electron chi connectivity index (χ1n) is 31.0. The molecule has 0 radical (unpaired) electrons. The Morgan fingerprint density at radius 3 is 0.711 bits per heavy atom. The Bertz CT molecular complexity index is 5900. The fourth-order valence-corrected chi connectivity index (χ4v) is 15.8. The zero-order valence-electron chi connectivity index (χ0n) is 48.7. The summed E-state index contributed by atoms with van der Waals surface area (Å²) in [6.45, 7) is 0. The number of benzene rings is 14. The first-order chi connectivity index (χ1) is 44.7. The molecule has 0 amide bonds. The predicted octanol–water partition coefficient (Wildman–Crippen LogP) is 21.9. The zero-order chi connectivity index (χ0) is 58.7. The maximum Gasteiger partial charge on any atom is 0.0641 e. The highest BCUT2D eigenvalue weighted by Gasteiger charge is 2.29. The topological polar surface area (TPSA) is 29.6 Å². The molecule has 0 aliphatic rings. The fourth-order valence-electron chi connectivity index (χ4n) is 15.8. The average Bonchev–Trinajstić information content (AvgIpc) is 1.55. The fraction of sp³-hybridized carbons (Fsp3) is 0. The molecule has 0 bridgehead atoms. The van der Waals surface area contributed by atoms with E-state index in [1.807, 2.05) is 0 Å². The van der Waals surface area contributed by atoms with E-state index in [0.29, 0.717) is 0 Å². The Hall–Kier alpha value is -12.1. The van der Waals surface area contributed by atoms with Crippen molar-refractivity contribution in [3.05, 3.63) is 315 Å². The molecule has 6 heteroatoms. The van der Waals surface area contributed by atoms with E-state index >= 15 is 0 Å². The molecule has 20 rings (SSSR count). The quantitative estimate of drug-likeness (QED) is 0.152. The standard InChI is InChI=1S/C84H52N6/c1-3-23-53(24-4-1)85-69-35-15-11-31-61(69)67-51-55(43-47-77(67)85)87-75-41-21-13-33-65(75)81-79(87)49-45-63(83(81)89-71-37-17-7-27-57(71)58-28-8-18-38-72(58)89)64-46-50-80-82(84(64)90-73-39-19-9-29-59(73)60-30-10-20-40-74(60)90)66-34-14-22-42-76(66)88(80)56-44-48-78-68(52-56)62-32-12-16-36-70(62)86(78)54-25-5-2-6-26-54/h1-52H. The van der Waals surface area contributed by atoms with Crippen molar-refractivity contribution in [2.24, 2.45) is 0 Å². The van der Waals surface area contributed by atoms with Gasteiger partial charge in [-0.15, -0.1) is 0 Å². The van der Waals surface area contributed by atoms with E-state index < -0.39 is 0 Å². The van der Waals surface area contributed by atoms with E-state index in [4.69, 9.17) is 0 Å². The van der Waals surface area contributed by atoms with Gasteiger partial charge < -0.3 is 27.4 Å². The van der Waals surface area contributed by atoms with E-state index in [1.54, 1.807) is 0 Å². The highest BCUT2D eigenvalue weighted by Crippen LogP contribution is 2.50. The van der Waals surface area contributed by atoms with Gasteiger partial charge in [0.05, 0.1) is 77.6 Å². The molecule has 90 heavy (non-hydrogen) atoms. The molecule has 20 aromatic rings. The van der Waals surface area contributed by atoms with Gasteiger partial charge in [-0.05, 0) is 121 Å². The molecule has 6 aromatic heterocycles. The number of aromatic nitrogens is 6.